The van der Waals surface area contributed by atoms with Crippen LogP contribution in [0.2, 0.25) is 0 Å². The number of carbonyl (C=O) groups is 1. The summed E-state index contributed by atoms with van der Waals surface area (Å²) in [4.78, 5) is 24.3. The van der Waals surface area contributed by atoms with E-state index in [1.807, 2.05) is 36.6 Å². The summed E-state index contributed by atoms with van der Waals surface area (Å²) in [5.74, 6) is -0.0367. The Morgan fingerprint density at radius 2 is 2.12 bits per heavy atom. The number of nitrogens with one attached hydrogen (secondary N) is 2. The molecule has 1 amide bonds. The van der Waals surface area contributed by atoms with E-state index in [0.29, 0.717) is 18.0 Å². The van der Waals surface area contributed by atoms with Gasteiger partial charge in [0.1, 0.15) is 0 Å². The third-order valence-electron chi connectivity index (χ3n) is 4.26. The highest BCUT2D eigenvalue weighted by molar-refractivity contribution is 7.14. The summed E-state index contributed by atoms with van der Waals surface area (Å²) < 4.78 is 0. The molecule has 6 heteroatoms. The standard InChI is InChI=1S/C20H18N4OS/c1-13-19(15-6-2-3-7-16(15)22-13)17-12-26-20(23-17)24-18(25)9-8-14-5-4-10-21-11-14/h2-7,10-12,22H,8-9H2,1H3,(H,23,24,25). The zero-order valence-electron chi connectivity index (χ0n) is 14.3. The Labute approximate surface area is 155 Å². The minimum atomic E-state index is -0.0367. The van der Waals surface area contributed by atoms with E-state index in [4.69, 9.17) is 0 Å². The van der Waals surface area contributed by atoms with E-state index >= 15 is 0 Å². The van der Waals surface area contributed by atoms with Gasteiger partial charge >= 0.3 is 0 Å². The molecule has 3 aromatic heterocycles. The third kappa shape index (κ3) is 3.36. The van der Waals surface area contributed by atoms with Gasteiger partial charge in [-0.1, -0.05) is 24.3 Å². The van der Waals surface area contributed by atoms with E-state index in [0.717, 1.165) is 33.4 Å². The number of pyridine rings is 1. The lowest BCUT2D eigenvalue weighted by Gasteiger charge is -2.02. The number of aromatic amines is 1. The van der Waals surface area contributed by atoms with E-state index in [2.05, 4.69) is 32.4 Å². The predicted molar refractivity (Wildman–Crippen MR) is 105 cm³/mol. The Morgan fingerprint density at radius 3 is 2.96 bits per heavy atom. The number of H-pyrrole nitrogens is 1. The minimum absolute atomic E-state index is 0.0367. The third-order valence-corrected chi connectivity index (χ3v) is 5.02. The Balaban J connectivity index is 1.47. The van der Waals surface area contributed by atoms with Gasteiger partial charge in [0.2, 0.25) is 5.91 Å². The first kappa shape index (κ1) is 16.5. The van der Waals surface area contributed by atoms with Gasteiger partial charge in [0.25, 0.3) is 0 Å². The minimum Gasteiger partial charge on any atom is -0.358 e. The number of aromatic nitrogens is 3. The van der Waals surface area contributed by atoms with Crippen molar-refractivity contribution in [3.05, 3.63) is 65.4 Å². The van der Waals surface area contributed by atoms with E-state index in [9.17, 15) is 4.79 Å². The number of aryl methyl sites for hydroxylation is 2. The van der Waals surface area contributed by atoms with Gasteiger partial charge in [-0.3, -0.25) is 9.78 Å². The van der Waals surface area contributed by atoms with Crippen LogP contribution in [-0.2, 0) is 11.2 Å². The Kier molecular flexibility index (Phi) is 4.50. The van der Waals surface area contributed by atoms with Crippen LogP contribution in [-0.4, -0.2) is 20.9 Å². The molecule has 0 bridgehead atoms. The number of thiazole rings is 1. The van der Waals surface area contributed by atoms with Crippen LogP contribution in [0.15, 0.2) is 54.2 Å². The van der Waals surface area contributed by atoms with Crippen molar-refractivity contribution < 1.29 is 4.79 Å². The molecule has 0 aliphatic carbocycles. The van der Waals surface area contributed by atoms with Crippen LogP contribution in [0.25, 0.3) is 22.2 Å². The molecule has 0 saturated carbocycles. The molecule has 2 N–H and O–H groups in total. The number of rotatable bonds is 5. The molecule has 0 radical (unpaired) electrons. The highest BCUT2D eigenvalue weighted by atomic mass is 32.1. The van der Waals surface area contributed by atoms with Crippen molar-refractivity contribution in [2.24, 2.45) is 0 Å². The summed E-state index contributed by atoms with van der Waals surface area (Å²) in [5, 5.41) is 6.65. The summed E-state index contributed by atoms with van der Waals surface area (Å²) in [6, 6.07) is 12.0. The van der Waals surface area contributed by atoms with E-state index in [1.165, 1.54) is 11.3 Å². The lowest BCUT2D eigenvalue weighted by Crippen LogP contribution is -2.12. The fourth-order valence-electron chi connectivity index (χ4n) is 3.04. The Bertz CT molecular complexity index is 1050. The first-order valence-corrected chi connectivity index (χ1v) is 9.30. The molecule has 0 unspecified atom stereocenters. The molecule has 5 nitrogen and oxygen atoms in total. The van der Waals surface area contributed by atoms with Crippen LogP contribution < -0.4 is 5.32 Å². The van der Waals surface area contributed by atoms with Crippen molar-refractivity contribution >= 4 is 33.3 Å². The fourth-order valence-corrected chi connectivity index (χ4v) is 3.76. The van der Waals surface area contributed by atoms with Crippen molar-refractivity contribution in [2.75, 3.05) is 5.32 Å². The Morgan fingerprint density at radius 1 is 1.23 bits per heavy atom. The number of para-hydroxylation sites is 1. The highest BCUT2D eigenvalue weighted by Crippen LogP contribution is 2.33. The number of benzene rings is 1. The van der Waals surface area contributed by atoms with Gasteiger partial charge in [-0.25, -0.2) is 4.98 Å². The number of anilines is 1. The van der Waals surface area contributed by atoms with Crippen LogP contribution in [0.4, 0.5) is 5.13 Å². The number of hydrogen-bond donors (Lipinski definition) is 2. The smallest absolute Gasteiger partial charge is 0.226 e. The Hall–Kier alpha value is -2.99. The molecule has 4 aromatic rings. The maximum absolute atomic E-state index is 12.2. The highest BCUT2D eigenvalue weighted by Gasteiger charge is 2.14. The van der Waals surface area contributed by atoms with E-state index in [-0.39, 0.29) is 5.91 Å². The second-order valence-electron chi connectivity index (χ2n) is 6.12. The second kappa shape index (κ2) is 7.09. The van der Waals surface area contributed by atoms with Gasteiger partial charge in [-0.05, 0) is 31.0 Å². The lowest BCUT2D eigenvalue weighted by molar-refractivity contribution is -0.116. The molecule has 130 valence electrons. The first-order valence-electron chi connectivity index (χ1n) is 8.42. The summed E-state index contributed by atoms with van der Waals surface area (Å²) in [5.41, 5.74) is 5.19. The number of hydrogen-bond acceptors (Lipinski definition) is 4. The van der Waals surface area contributed by atoms with Crippen LogP contribution in [0.5, 0.6) is 0 Å². The number of carbonyl (C=O) groups excluding carboxylic acids is 1. The van der Waals surface area contributed by atoms with Crippen molar-refractivity contribution in [3.63, 3.8) is 0 Å². The molecule has 0 aliphatic heterocycles. The van der Waals surface area contributed by atoms with Crippen molar-refractivity contribution in [1.82, 2.24) is 15.0 Å². The number of amides is 1. The SMILES string of the molecule is Cc1[nH]c2ccccc2c1-c1csc(NC(=O)CCc2cccnc2)n1. The average Bonchev–Trinajstić information content (AvgIpc) is 3.23. The van der Waals surface area contributed by atoms with Gasteiger partial charge in [-0.2, -0.15) is 0 Å². The van der Waals surface area contributed by atoms with Gasteiger partial charge in [0.15, 0.2) is 5.13 Å². The maximum Gasteiger partial charge on any atom is 0.226 e. The van der Waals surface area contributed by atoms with Gasteiger partial charge in [-0.15, -0.1) is 11.3 Å². The topological polar surface area (TPSA) is 70.7 Å². The largest absolute Gasteiger partial charge is 0.358 e. The van der Waals surface area contributed by atoms with E-state index < -0.39 is 0 Å². The summed E-state index contributed by atoms with van der Waals surface area (Å²) >= 11 is 1.45. The molecule has 0 fully saturated rings. The first-order chi connectivity index (χ1) is 12.7. The summed E-state index contributed by atoms with van der Waals surface area (Å²) in [6.07, 6.45) is 4.59. The quantitative estimate of drug-likeness (QED) is 0.546. The van der Waals surface area contributed by atoms with Crippen molar-refractivity contribution in [1.29, 1.82) is 0 Å². The van der Waals surface area contributed by atoms with Crippen molar-refractivity contribution in [3.8, 4) is 11.3 Å². The normalized spacial score (nSPS) is 11.0. The second-order valence-corrected chi connectivity index (χ2v) is 6.98. The molecule has 0 saturated heterocycles. The molecule has 0 spiro atoms. The van der Waals surface area contributed by atoms with Gasteiger partial charge in [0, 0.05) is 46.4 Å². The molecule has 3 heterocycles. The van der Waals surface area contributed by atoms with Gasteiger partial charge in [0.05, 0.1) is 5.69 Å². The molecule has 26 heavy (non-hydrogen) atoms. The monoisotopic (exact) mass is 362 g/mol. The summed E-state index contributed by atoms with van der Waals surface area (Å²) in [7, 11) is 0. The van der Waals surface area contributed by atoms with Crippen molar-refractivity contribution in [2.45, 2.75) is 19.8 Å². The predicted octanol–water partition coefficient (Wildman–Crippen LogP) is 4.57. The molecule has 1 aromatic carbocycles. The van der Waals surface area contributed by atoms with E-state index in [1.54, 1.807) is 12.4 Å². The van der Waals surface area contributed by atoms with Gasteiger partial charge < -0.3 is 10.3 Å². The molecule has 0 atom stereocenters. The molecular formula is C20H18N4OS. The molecule has 0 aliphatic rings. The maximum atomic E-state index is 12.2. The fraction of sp³-hybridized carbons (Fsp3) is 0.150. The zero-order valence-corrected chi connectivity index (χ0v) is 15.1. The average molecular weight is 362 g/mol. The molecular weight excluding hydrogens is 344 g/mol. The number of fused-ring (bicyclic) bond motifs is 1. The summed E-state index contributed by atoms with van der Waals surface area (Å²) in [6.45, 7) is 2.04. The van der Waals surface area contributed by atoms with Crippen LogP contribution in [0, 0.1) is 6.92 Å². The lowest BCUT2D eigenvalue weighted by atomic mass is 10.1. The van der Waals surface area contributed by atoms with Crippen LogP contribution in [0.3, 0.4) is 0 Å². The number of nitrogens with zero attached hydrogens (tertiary/aromatic N) is 2. The van der Waals surface area contributed by atoms with Crippen LogP contribution >= 0.6 is 11.3 Å². The zero-order chi connectivity index (χ0) is 17.9. The molecule has 4 rings (SSSR count). The van der Waals surface area contributed by atoms with Crippen LogP contribution in [0.1, 0.15) is 17.7 Å².